The van der Waals surface area contributed by atoms with E-state index in [0.29, 0.717) is 0 Å². The zero-order valence-corrected chi connectivity index (χ0v) is 11.7. The molecule has 0 amide bonds. The number of likely N-dealkylation sites (tertiary alicyclic amines) is 1. The summed E-state index contributed by atoms with van der Waals surface area (Å²) in [6.45, 7) is 9.24. The van der Waals surface area contributed by atoms with Crippen LogP contribution in [0.25, 0.3) is 0 Å². The fourth-order valence-corrected chi connectivity index (χ4v) is 2.32. The molecule has 0 atom stereocenters. The summed E-state index contributed by atoms with van der Waals surface area (Å²) < 4.78 is 0. The van der Waals surface area contributed by atoms with Gasteiger partial charge in [0.1, 0.15) is 5.41 Å². The van der Waals surface area contributed by atoms with Gasteiger partial charge in [0.15, 0.2) is 0 Å². The van der Waals surface area contributed by atoms with Gasteiger partial charge in [-0.05, 0) is 31.5 Å². The third-order valence-electron chi connectivity index (χ3n) is 3.53. The van der Waals surface area contributed by atoms with Crippen molar-refractivity contribution in [2.24, 2.45) is 0 Å². The maximum absolute atomic E-state index is 9.45. The average Bonchev–Trinajstić information content (AvgIpc) is 2.50. The quantitative estimate of drug-likeness (QED) is 0.804. The molecule has 1 aromatic rings. The molecule has 0 unspecified atom stereocenters. The molecule has 0 radical (unpaired) electrons. The Labute approximate surface area is 110 Å². The van der Waals surface area contributed by atoms with Crippen LogP contribution in [0.2, 0.25) is 0 Å². The highest BCUT2D eigenvalue weighted by Crippen LogP contribution is 2.33. The van der Waals surface area contributed by atoms with Gasteiger partial charge in [0.05, 0.1) is 11.8 Å². The number of piperidine rings is 1. The number of hydrogen-bond acceptors (Lipinski definition) is 3. The summed E-state index contributed by atoms with van der Waals surface area (Å²) in [6, 6.07) is 8.33. The average molecular weight is 245 g/mol. The van der Waals surface area contributed by atoms with Crippen LogP contribution in [0.5, 0.6) is 0 Å². The first-order chi connectivity index (χ1) is 8.80. The Morgan fingerprint density at radius 1 is 1.33 bits per heavy atom. The van der Waals surface area contributed by atoms with Gasteiger partial charge in [0.2, 0.25) is 0 Å². The lowest BCUT2D eigenvalue weighted by Gasteiger charge is -2.36. The van der Waals surface area contributed by atoms with Crippen LogP contribution in [-0.2, 0) is 5.41 Å². The first kappa shape index (κ1) is 14.7. The van der Waals surface area contributed by atoms with Crippen molar-refractivity contribution >= 4 is 0 Å². The minimum absolute atomic E-state index is 0.354. The SMILES string of the molecule is CC.CCN1CCC(C#N)(c2ccccn2)CC1. The number of aromatic nitrogens is 1. The topological polar surface area (TPSA) is 39.9 Å². The summed E-state index contributed by atoms with van der Waals surface area (Å²) in [7, 11) is 0. The molecule has 18 heavy (non-hydrogen) atoms. The fraction of sp³-hybridized carbons (Fsp3) is 0.600. The number of hydrogen-bond donors (Lipinski definition) is 0. The second-order valence-electron chi connectivity index (χ2n) is 4.34. The van der Waals surface area contributed by atoms with Gasteiger partial charge in [-0.3, -0.25) is 4.98 Å². The molecule has 2 heterocycles. The molecular formula is C15H23N3. The van der Waals surface area contributed by atoms with Crippen LogP contribution in [0.4, 0.5) is 0 Å². The first-order valence-corrected chi connectivity index (χ1v) is 6.86. The highest BCUT2D eigenvalue weighted by Gasteiger charge is 2.37. The van der Waals surface area contributed by atoms with E-state index in [1.54, 1.807) is 6.20 Å². The second-order valence-corrected chi connectivity index (χ2v) is 4.34. The predicted octanol–water partition coefficient (Wildman–Crippen LogP) is 2.98. The Bertz CT molecular complexity index is 372. The Hall–Kier alpha value is -1.40. The molecule has 0 N–H and O–H groups in total. The smallest absolute Gasteiger partial charge is 0.102 e. The Balaban J connectivity index is 0.000000771. The lowest BCUT2D eigenvalue weighted by atomic mass is 9.76. The molecule has 1 saturated heterocycles. The van der Waals surface area contributed by atoms with E-state index in [-0.39, 0.29) is 5.41 Å². The van der Waals surface area contributed by atoms with E-state index in [2.05, 4.69) is 22.9 Å². The lowest BCUT2D eigenvalue weighted by molar-refractivity contribution is 0.192. The van der Waals surface area contributed by atoms with Crippen LogP contribution in [0.15, 0.2) is 24.4 Å². The fourth-order valence-electron chi connectivity index (χ4n) is 2.32. The van der Waals surface area contributed by atoms with Gasteiger partial charge in [0.25, 0.3) is 0 Å². The Kier molecular flexibility index (Phi) is 5.80. The molecule has 0 aromatic carbocycles. The molecule has 0 spiro atoms. The third-order valence-corrected chi connectivity index (χ3v) is 3.53. The van der Waals surface area contributed by atoms with Gasteiger partial charge in [-0.15, -0.1) is 0 Å². The number of pyridine rings is 1. The van der Waals surface area contributed by atoms with E-state index in [0.717, 1.165) is 38.2 Å². The highest BCUT2D eigenvalue weighted by atomic mass is 15.1. The molecule has 2 rings (SSSR count). The van der Waals surface area contributed by atoms with Crippen LogP contribution >= 0.6 is 0 Å². The minimum Gasteiger partial charge on any atom is -0.303 e. The molecule has 0 bridgehead atoms. The van der Waals surface area contributed by atoms with Gasteiger partial charge in [-0.1, -0.05) is 26.8 Å². The largest absolute Gasteiger partial charge is 0.303 e. The summed E-state index contributed by atoms with van der Waals surface area (Å²) in [5, 5.41) is 9.45. The number of nitriles is 1. The number of rotatable bonds is 2. The monoisotopic (exact) mass is 245 g/mol. The Morgan fingerprint density at radius 3 is 2.44 bits per heavy atom. The van der Waals surface area contributed by atoms with Crippen molar-refractivity contribution in [1.82, 2.24) is 9.88 Å². The molecule has 0 saturated carbocycles. The molecule has 1 aliphatic rings. The van der Waals surface area contributed by atoms with Crippen LogP contribution in [0.1, 0.15) is 39.3 Å². The Morgan fingerprint density at radius 2 is 2.00 bits per heavy atom. The van der Waals surface area contributed by atoms with Crippen molar-refractivity contribution in [1.29, 1.82) is 5.26 Å². The summed E-state index contributed by atoms with van der Waals surface area (Å²) >= 11 is 0. The van der Waals surface area contributed by atoms with Gasteiger partial charge >= 0.3 is 0 Å². The van der Waals surface area contributed by atoms with E-state index in [1.165, 1.54) is 0 Å². The summed E-state index contributed by atoms with van der Waals surface area (Å²) in [5.41, 5.74) is 0.584. The molecule has 0 aliphatic carbocycles. The van der Waals surface area contributed by atoms with E-state index in [4.69, 9.17) is 0 Å². The molecule has 3 heteroatoms. The minimum atomic E-state index is -0.354. The summed E-state index contributed by atoms with van der Waals surface area (Å²) in [5.74, 6) is 0. The predicted molar refractivity (Wildman–Crippen MR) is 74.2 cm³/mol. The third kappa shape index (κ3) is 3.08. The van der Waals surface area contributed by atoms with Crippen molar-refractivity contribution in [3.8, 4) is 6.07 Å². The van der Waals surface area contributed by atoms with Crippen LogP contribution < -0.4 is 0 Å². The zero-order chi connectivity index (χ0) is 13.4. The maximum Gasteiger partial charge on any atom is 0.102 e. The molecule has 1 fully saturated rings. The van der Waals surface area contributed by atoms with Crippen molar-refractivity contribution < 1.29 is 0 Å². The van der Waals surface area contributed by atoms with Crippen molar-refractivity contribution in [3.63, 3.8) is 0 Å². The van der Waals surface area contributed by atoms with Gasteiger partial charge in [-0.25, -0.2) is 0 Å². The van der Waals surface area contributed by atoms with Gasteiger partial charge in [-0.2, -0.15) is 5.26 Å². The van der Waals surface area contributed by atoms with Crippen molar-refractivity contribution in [2.45, 2.75) is 39.0 Å². The zero-order valence-electron chi connectivity index (χ0n) is 11.7. The van der Waals surface area contributed by atoms with Crippen LogP contribution in [-0.4, -0.2) is 29.5 Å². The van der Waals surface area contributed by atoms with E-state index >= 15 is 0 Å². The molecular weight excluding hydrogens is 222 g/mol. The molecule has 3 nitrogen and oxygen atoms in total. The van der Waals surface area contributed by atoms with E-state index in [9.17, 15) is 5.26 Å². The summed E-state index contributed by atoms with van der Waals surface area (Å²) in [6.07, 6.45) is 3.57. The van der Waals surface area contributed by atoms with Gasteiger partial charge < -0.3 is 4.90 Å². The summed E-state index contributed by atoms with van der Waals surface area (Å²) in [4.78, 5) is 6.74. The van der Waals surface area contributed by atoms with Crippen LogP contribution in [0, 0.1) is 11.3 Å². The molecule has 1 aliphatic heterocycles. The van der Waals surface area contributed by atoms with Crippen molar-refractivity contribution in [2.75, 3.05) is 19.6 Å². The molecule has 98 valence electrons. The maximum atomic E-state index is 9.45. The molecule has 1 aromatic heterocycles. The highest BCUT2D eigenvalue weighted by molar-refractivity contribution is 5.27. The normalized spacial score (nSPS) is 18.3. The number of nitrogens with zero attached hydrogens (tertiary/aromatic N) is 3. The van der Waals surface area contributed by atoms with E-state index < -0.39 is 0 Å². The second kappa shape index (κ2) is 7.13. The first-order valence-electron chi connectivity index (χ1n) is 6.86. The van der Waals surface area contributed by atoms with Gasteiger partial charge in [0, 0.05) is 19.3 Å². The van der Waals surface area contributed by atoms with Crippen LogP contribution in [0.3, 0.4) is 0 Å². The lowest BCUT2D eigenvalue weighted by Crippen LogP contribution is -2.42. The standard InChI is InChI=1S/C13H17N3.C2H6/c1-2-16-9-6-13(11-14,7-10-16)12-5-3-4-8-15-12;1-2/h3-5,8H,2,6-7,9-10H2,1H3;1-2H3. The van der Waals surface area contributed by atoms with E-state index in [1.807, 2.05) is 32.0 Å². The van der Waals surface area contributed by atoms with Crippen molar-refractivity contribution in [3.05, 3.63) is 30.1 Å².